The van der Waals surface area contributed by atoms with Gasteiger partial charge in [0.05, 0.1) is 22.2 Å². The van der Waals surface area contributed by atoms with Crippen LogP contribution < -0.4 is 11.3 Å². The lowest BCUT2D eigenvalue weighted by Gasteiger charge is -2.14. The van der Waals surface area contributed by atoms with Gasteiger partial charge in [-0.25, -0.2) is 0 Å². The first-order chi connectivity index (χ1) is 16.0. The second-order valence-electron chi connectivity index (χ2n) is 7.72. The van der Waals surface area contributed by atoms with Gasteiger partial charge in [-0.1, -0.05) is 61.5 Å². The van der Waals surface area contributed by atoms with Crippen LogP contribution in [0.25, 0.3) is 27.4 Å². The molecule has 0 aliphatic heterocycles. The Balaban J connectivity index is 0.000000172. The Bertz CT molecular complexity index is 1550. The van der Waals surface area contributed by atoms with Crippen LogP contribution >= 0.6 is 0 Å². The van der Waals surface area contributed by atoms with E-state index in [-0.39, 0.29) is 5.56 Å². The minimum absolute atomic E-state index is 0.0728. The number of rotatable bonds is 2. The second kappa shape index (κ2) is 9.37. The largest absolute Gasteiger partial charge is 0.397 e. The first kappa shape index (κ1) is 21.8. The Kier molecular flexibility index (Phi) is 6.19. The van der Waals surface area contributed by atoms with Crippen molar-refractivity contribution in [2.24, 2.45) is 0 Å². The zero-order valence-electron chi connectivity index (χ0n) is 18.6. The molecule has 2 N–H and O–H groups in total. The number of fused-ring (bicyclic) bond motifs is 2. The highest BCUT2D eigenvalue weighted by atomic mass is 16.1. The summed E-state index contributed by atoms with van der Waals surface area (Å²) in [6, 6.07) is 27.5. The van der Waals surface area contributed by atoms with Gasteiger partial charge in [0.15, 0.2) is 0 Å². The molecule has 0 spiro atoms. The van der Waals surface area contributed by atoms with Crippen molar-refractivity contribution < 1.29 is 0 Å². The zero-order valence-corrected chi connectivity index (χ0v) is 18.6. The average molecular weight is 433 g/mol. The summed E-state index contributed by atoms with van der Waals surface area (Å²) in [4.78, 5) is 17.0. The normalized spacial score (nSPS) is 10.5. The predicted molar refractivity (Wildman–Crippen MR) is 135 cm³/mol. The number of nitrogens with zero attached hydrogens (tertiary/aromatic N) is 3. The molecule has 5 nitrogen and oxygen atoms in total. The number of benzene rings is 3. The molecule has 3 aromatic carbocycles. The molecule has 0 unspecified atom stereocenters. The Hall–Kier alpha value is -4.43. The molecule has 2 heterocycles. The molecular weight excluding hydrogens is 408 g/mol. The predicted octanol–water partition coefficient (Wildman–Crippen LogP) is 5.55. The van der Waals surface area contributed by atoms with Gasteiger partial charge in [-0.05, 0) is 48.6 Å². The number of nitrogen functional groups attached to an aromatic ring is 1. The van der Waals surface area contributed by atoms with Crippen LogP contribution in [0.15, 0.2) is 89.9 Å². The van der Waals surface area contributed by atoms with Crippen LogP contribution in [-0.2, 0) is 6.42 Å². The Morgan fingerprint density at radius 2 is 1.73 bits per heavy atom. The maximum atomic E-state index is 12.9. The van der Waals surface area contributed by atoms with Gasteiger partial charge in [-0.2, -0.15) is 5.26 Å². The molecule has 0 saturated heterocycles. The third-order valence-electron chi connectivity index (χ3n) is 5.65. The number of nitrogens with two attached hydrogens (primary N) is 1. The Labute approximate surface area is 192 Å². The highest BCUT2D eigenvalue weighted by Crippen LogP contribution is 2.21. The van der Waals surface area contributed by atoms with E-state index in [4.69, 9.17) is 11.0 Å². The second-order valence-corrected chi connectivity index (χ2v) is 7.72. The lowest BCUT2D eigenvalue weighted by atomic mass is 10.1. The van der Waals surface area contributed by atoms with Crippen LogP contribution in [0.1, 0.15) is 23.7 Å². The molecule has 5 heteroatoms. The van der Waals surface area contributed by atoms with E-state index >= 15 is 0 Å². The van der Waals surface area contributed by atoms with Crippen molar-refractivity contribution in [3.8, 4) is 11.8 Å². The van der Waals surface area contributed by atoms with Crippen LogP contribution in [0.4, 0.5) is 5.69 Å². The van der Waals surface area contributed by atoms with E-state index in [0.29, 0.717) is 11.3 Å². The number of hydrogen-bond acceptors (Lipinski definition) is 4. The minimum Gasteiger partial charge on any atom is -0.397 e. The monoisotopic (exact) mass is 432 g/mol. The lowest BCUT2D eigenvalue weighted by Crippen LogP contribution is -2.22. The van der Waals surface area contributed by atoms with Gasteiger partial charge in [-0.15, -0.1) is 0 Å². The van der Waals surface area contributed by atoms with Crippen molar-refractivity contribution in [3.63, 3.8) is 0 Å². The van der Waals surface area contributed by atoms with E-state index in [1.165, 1.54) is 6.20 Å². The molecular formula is C28H24N4O. The van der Waals surface area contributed by atoms with E-state index in [9.17, 15) is 4.79 Å². The molecule has 0 radical (unpaired) electrons. The number of hydrogen-bond donors (Lipinski definition) is 1. The third kappa shape index (κ3) is 4.19. The average Bonchev–Trinajstić information content (AvgIpc) is 2.85. The molecule has 0 saturated carbocycles. The SMILES string of the molecule is CCc1cc2cccc(C)c2c(=O)n1-c1ccccc1.N#Cc1cnc2ccccc2c1N. The molecule has 0 fully saturated rings. The molecule has 2 aromatic heterocycles. The van der Waals surface area contributed by atoms with Crippen molar-refractivity contribution in [1.29, 1.82) is 5.26 Å². The fraction of sp³-hybridized carbons (Fsp3) is 0.107. The smallest absolute Gasteiger partial charge is 0.263 e. The summed E-state index contributed by atoms with van der Waals surface area (Å²) in [5.74, 6) is 0. The van der Waals surface area contributed by atoms with Crippen molar-refractivity contribution in [3.05, 3.63) is 112 Å². The molecule has 0 bridgehead atoms. The van der Waals surface area contributed by atoms with E-state index in [2.05, 4.69) is 18.0 Å². The summed E-state index contributed by atoms with van der Waals surface area (Å²) >= 11 is 0. The van der Waals surface area contributed by atoms with Crippen molar-refractivity contribution in [1.82, 2.24) is 9.55 Å². The zero-order chi connectivity index (χ0) is 23.4. The summed E-state index contributed by atoms with van der Waals surface area (Å²) in [7, 11) is 0. The quantitative estimate of drug-likeness (QED) is 0.396. The van der Waals surface area contributed by atoms with Crippen LogP contribution in [0.2, 0.25) is 0 Å². The maximum absolute atomic E-state index is 12.9. The van der Waals surface area contributed by atoms with Gasteiger partial charge in [0.1, 0.15) is 6.07 Å². The topological polar surface area (TPSA) is 84.7 Å². The van der Waals surface area contributed by atoms with Crippen molar-refractivity contribution >= 4 is 27.4 Å². The fourth-order valence-electron chi connectivity index (χ4n) is 3.96. The summed E-state index contributed by atoms with van der Waals surface area (Å²) < 4.78 is 1.83. The molecule has 5 aromatic rings. The van der Waals surface area contributed by atoms with E-state index in [1.54, 1.807) is 0 Å². The standard InChI is InChI=1S/C18H17NO.C10H7N3/c1-3-15-12-14-9-7-8-13(2)17(14)18(20)19(15)16-10-5-4-6-11-16;11-5-7-6-13-9-4-2-1-3-8(9)10(7)12/h4-12H,3H2,1-2H3;1-4,6H,(H2,12,13). The minimum atomic E-state index is 0.0728. The molecule has 0 atom stereocenters. The van der Waals surface area contributed by atoms with Gasteiger partial charge in [0.2, 0.25) is 0 Å². The summed E-state index contributed by atoms with van der Waals surface area (Å²) in [6.45, 7) is 4.07. The van der Waals surface area contributed by atoms with Crippen molar-refractivity contribution in [2.75, 3.05) is 5.73 Å². The highest BCUT2D eigenvalue weighted by molar-refractivity contribution is 5.92. The van der Waals surface area contributed by atoms with Crippen LogP contribution in [-0.4, -0.2) is 9.55 Å². The lowest BCUT2D eigenvalue weighted by molar-refractivity contribution is 0.888. The van der Waals surface area contributed by atoms with Crippen LogP contribution in [0.3, 0.4) is 0 Å². The van der Waals surface area contributed by atoms with Gasteiger partial charge < -0.3 is 5.73 Å². The first-order valence-electron chi connectivity index (χ1n) is 10.8. The van der Waals surface area contributed by atoms with E-state index in [1.807, 2.05) is 90.4 Å². The molecule has 5 rings (SSSR count). The van der Waals surface area contributed by atoms with Gasteiger partial charge >= 0.3 is 0 Å². The molecule has 0 aliphatic carbocycles. The summed E-state index contributed by atoms with van der Waals surface area (Å²) in [5, 5.41) is 11.4. The Morgan fingerprint density at radius 3 is 2.45 bits per heavy atom. The number of aryl methyl sites for hydroxylation is 2. The van der Waals surface area contributed by atoms with Gasteiger partial charge in [0, 0.05) is 23.0 Å². The van der Waals surface area contributed by atoms with E-state index in [0.717, 1.165) is 45.0 Å². The first-order valence-corrected chi connectivity index (χ1v) is 10.8. The number of pyridine rings is 2. The molecule has 0 aliphatic rings. The fourth-order valence-corrected chi connectivity index (χ4v) is 3.96. The van der Waals surface area contributed by atoms with Crippen molar-refractivity contribution in [2.45, 2.75) is 20.3 Å². The number of para-hydroxylation sites is 2. The summed E-state index contributed by atoms with van der Waals surface area (Å²) in [6.07, 6.45) is 2.33. The number of aromatic nitrogens is 2. The summed E-state index contributed by atoms with van der Waals surface area (Å²) in [5.41, 5.74) is 10.6. The maximum Gasteiger partial charge on any atom is 0.263 e. The van der Waals surface area contributed by atoms with Gasteiger partial charge in [0.25, 0.3) is 5.56 Å². The van der Waals surface area contributed by atoms with Gasteiger partial charge in [-0.3, -0.25) is 14.3 Å². The highest BCUT2D eigenvalue weighted by Gasteiger charge is 2.11. The van der Waals surface area contributed by atoms with E-state index < -0.39 is 0 Å². The van der Waals surface area contributed by atoms with Crippen LogP contribution in [0.5, 0.6) is 0 Å². The molecule has 162 valence electrons. The van der Waals surface area contributed by atoms with Crippen LogP contribution in [0, 0.1) is 18.3 Å². The number of nitriles is 1. The molecule has 0 amide bonds. The third-order valence-corrected chi connectivity index (χ3v) is 5.65. The Morgan fingerprint density at radius 1 is 1.00 bits per heavy atom. The molecule has 33 heavy (non-hydrogen) atoms. The number of anilines is 1.